The van der Waals surface area contributed by atoms with Gasteiger partial charge in [-0.1, -0.05) is 36.4 Å². The first-order valence-electron chi connectivity index (χ1n) is 5.14. The minimum atomic E-state index is -0.348. The monoisotopic (exact) mass is 281 g/mol. The number of halogens is 1. The van der Waals surface area contributed by atoms with Gasteiger partial charge in [-0.2, -0.15) is 0 Å². The Labute approximate surface area is 116 Å². The third kappa shape index (κ3) is 5.61. The molecule has 0 bridgehead atoms. The van der Waals surface area contributed by atoms with Crippen molar-refractivity contribution in [3.63, 3.8) is 0 Å². The lowest BCUT2D eigenvalue weighted by atomic mass is 10.2. The summed E-state index contributed by atoms with van der Waals surface area (Å²) in [6.07, 6.45) is 4.57. The highest BCUT2D eigenvalue weighted by atomic mass is 35.5. The lowest BCUT2D eigenvalue weighted by Crippen LogP contribution is -2.29. The number of rotatable bonds is 4. The van der Waals surface area contributed by atoms with Crippen LogP contribution in [0, 0.1) is 0 Å². The summed E-state index contributed by atoms with van der Waals surface area (Å²) in [4.78, 5) is 11.4. The Hall–Kier alpha value is -1.65. The van der Waals surface area contributed by atoms with Gasteiger partial charge < -0.3 is 4.74 Å². The van der Waals surface area contributed by atoms with E-state index in [9.17, 15) is 4.79 Å². The van der Waals surface area contributed by atoms with Crippen molar-refractivity contribution in [1.82, 2.24) is 5.32 Å². The van der Waals surface area contributed by atoms with Gasteiger partial charge in [0.2, 0.25) is 0 Å². The van der Waals surface area contributed by atoms with Gasteiger partial charge in [0.05, 0.1) is 0 Å². The van der Waals surface area contributed by atoms with Crippen LogP contribution in [-0.4, -0.2) is 17.7 Å². The number of hydrogen-bond donors (Lipinski definition) is 1. The number of thiocarbonyl (C=S) groups is 1. The first-order chi connectivity index (χ1) is 8.61. The van der Waals surface area contributed by atoms with Gasteiger partial charge in [-0.15, -0.1) is 0 Å². The van der Waals surface area contributed by atoms with Crippen LogP contribution in [0.4, 0.5) is 0 Å². The van der Waals surface area contributed by atoms with Crippen LogP contribution < -0.4 is 5.32 Å². The first kappa shape index (κ1) is 14.4. The standard InChI is InChI=1S/C13H12ClNO2S/c1-2-9-17-13(18)15-12(16)8-5-10-3-6-11(14)7-4-10/h2-8H,1,9H2,(H,15,16,18)/b8-5+. The summed E-state index contributed by atoms with van der Waals surface area (Å²) >= 11 is 10.5. The molecule has 0 heterocycles. The first-order valence-corrected chi connectivity index (χ1v) is 5.92. The number of benzene rings is 1. The third-order valence-corrected chi connectivity index (χ3v) is 2.33. The molecule has 0 unspecified atom stereocenters. The molecular weight excluding hydrogens is 270 g/mol. The predicted octanol–water partition coefficient (Wildman–Crippen LogP) is 2.96. The van der Waals surface area contributed by atoms with E-state index in [4.69, 9.17) is 28.6 Å². The number of carbonyl (C=O) groups is 1. The van der Waals surface area contributed by atoms with E-state index in [1.807, 2.05) is 0 Å². The van der Waals surface area contributed by atoms with Gasteiger partial charge in [-0.25, -0.2) is 0 Å². The van der Waals surface area contributed by atoms with Crippen LogP contribution in [0.1, 0.15) is 5.56 Å². The van der Waals surface area contributed by atoms with Gasteiger partial charge in [0.25, 0.3) is 11.1 Å². The summed E-state index contributed by atoms with van der Waals surface area (Å²) in [6.45, 7) is 3.74. The second-order valence-corrected chi connectivity index (χ2v) is 4.07. The maximum absolute atomic E-state index is 11.4. The van der Waals surface area contributed by atoms with Gasteiger partial charge in [0, 0.05) is 11.1 Å². The fraction of sp³-hybridized carbons (Fsp3) is 0.0769. The predicted molar refractivity (Wildman–Crippen MR) is 77.4 cm³/mol. The van der Waals surface area contributed by atoms with Crippen molar-refractivity contribution >= 4 is 41.0 Å². The summed E-state index contributed by atoms with van der Waals surface area (Å²) in [5, 5.41) is 3.08. The fourth-order valence-corrected chi connectivity index (χ4v) is 1.35. The lowest BCUT2D eigenvalue weighted by molar-refractivity contribution is -0.115. The van der Waals surface area contributed by atoms with Crippen molar-refractivity contribution in [2.45, 2.75) is 0 Å². The molecule has 0 atom stereocenters. The highest BCUT2D eigenvalue weighted by Crippen LogP contribution is 2.10. The van der Waals surface area contributed by atoms with Crippen molar-refractivity contribution < 1.29 is 9.53 Å². The quantitative estimate of drug-likeness (QED) is 0.524. The minimum absolute atomic E-state index is 0.0284. The molecule has 0 fully saturated rings. The molecule has 0 aliphatic rings. The fourth-order valence-electron chi connectivity index (χ4n) is 1.06. The summed E-state index contributed by atoms with van der Waals surface area (Å²) in [5.41, 5.74) is 0.868. The van der Waals surface area contributed by atoms with Gasteiger partial charge in [-0.05, 0) is 36.0 Å². The number of carbonyl (C=O) groups excluding carboxylic acids is 1. The van der Waals surface area contributed by atoms with Gasteiger partial charge in [-0.3, -0.25) is 10.1 Å². The third-order valence-electron chi connectivity index (χ3n) is 1.85. The number of hydrogen-bond acceptors (Lipinski definition) is 3. The van der Waals surface area contributed by atoms with Crippen LogP contribution in [0.2, 0.25) is 5.02 Å². The Bertz CT molecular complexity index is 468. The Balaban J connectivity index is 2.46. The molecule has 1 aromatic carbocycles. The Morgan fingerprint density at radius 2 is 2.11 bits per heavy atom. The molecule has 1 amide bonds. The molecule has 0 aliphatic heterocycles. The molecular formula is C13H12ClNO2S. The van der Waals surface area contributed by atoms with Crippen LogP contribution in [0.3, 0.4) is 0 Å². The van der Waals surface area contributed by atoms with Crippen molar-refractivity contribution in [3.8, 4) is 0 Å². The molecule has 3 nitrogen and oxygen atoms in total. The molecule has 1 rings (SSSR count). The SMILES string of the molecule is C=CCOC(=S)NC(=O)/C=C/c1ccc(Cl)cc1. The van der Waals surface area contributed by atoms with E-state index in [2.05, 4.69) is 11.9 Å². The van der Waals surface area contributed by atoms with Gasteiger partial charge in [0.1, 0.15) is 6.61 Å². The van der Waals surface area contributed by atoms with Crippen molar-refractivity contribution in [2.75, 3.05) is 6.61 Å². The number of nitrogens with one attached hydrogen (secondary N) is 1. The van der Waals surface area contributed by atoms with Crippen molar-refractivity contribution in [1.29, 1.82) is 0 Å². The minimum Gasteiger partial charge on any atom is -0.467 e. The summed E-state index contributed by atoms with van der Waals surface area (Å²) in [7, 11) is 0. The lowest BCUT2D eigenvalue weighted by Gasteiger charge is -2.04. The summed E-state index contributed by atoms with van der Waals surface area (Å²) < 4.78 is 4.96. The molecule has 1 N–H and O–H groups in total. The average Bonchev–Trinajstić information content (AvgIpc) is 2.35. The molecule has 0 aromatic heterocycles. The second-order valence-electron chi connectivity index (χ2n) is 3.26. The highest BCUT2D eigenvalue weighted by molar-refractivity contribution is 7.80. The summed E-state index contributed by atoms with van der Waals surface area (Å²) in [6, 6.07) is 7.10. The van der Waals surface area contributed by atoms with Gasteiger partial charge in [0.15, 0.2) is 0 Å². The van der Waals surface area contributed by atoms with E-state index < -0.39 is 0 Å². The second kappa shape index (κ2) is 7.63. The van der Waals surface area contributed by atoms with Crippen LogP contribution in [0.15, 0.2) is 43.0 Å². The molecule has 0 radical (unpaired) electrons. The smallest absolute Gasteiger partial charge is 0.263 e. The van der Waals surface area contributed by atoms with E-state index in [0.29, 0.717) is 5.02 Å². The van der Waals surface area contributed by atoms with Gasteiger partial charge >= 0.3 is 0 Å². The summed E-state index contributed by atoms with van der Waals surface area (Å²) in [5.74, 6) is -0.348. The molecule has 0 saturated carbocycles. The van der Waals surface area contributed by atoms with Crippen LogP contribution >= 0.6 is 23.8 Å². The average molecular weight is 282 g/mol. The Morgan fingerprint density at radius 3 is 2.72 bits per heavy atom. The van der Waals surface area contributed by atoms with Crippen molar-refractivity contribution in [2.24, 2.45) is 0 Å². The van der Waals surface area contributed by atoms with E-state index in [-0.39, 0.29) is 17.7 Å². The highest BCUT2D eigenvalue weighted by Gasteiger charge is 2.00. The van der Waals surface area contributed by atoms with Crippen LogP contribution in [-0.2, 0) is 9.53 Å². The zero-order valence-corrected chi connectivity index (χ0v) is 11.1. The van der Waals surface area contributed by atoms with Crippen LogP contribution in [0.5, 0.6) is 0 Å². The zero-order chi connectivity index (χ0) is 13.4. The molecule has 94 valence electrons. The normalized spacial score (nSPS) is 10.1. The molecule has 0 aliphatic carbocycles. The van der Waals surface area contributed by atoms with Crippen molar-refractivity contribution in [3.05, 3.63) is 53.6 Å². The van der Waals surface area contributed by atoms with E-state index in [1.54, 1.807) is 36.4 Å². The van der Waals surface area contributed by atoms with E-state index in [0.717, 1.165) is 5.56 Å². The maximum atomic E-state index is 11.4. The molecule has 5 heteroatoms. The van der Waals surface area contributed by atoms with E-state index >= 15 is 0 Å². The number of ether oxygens (including phenoxy) is 1. The molecule has 1 aromatic rings. The Morgan fingerprint density at radius 1 is 1.44 bits per heavy atom. The maximum Gasteiger partial charge on any atom is 0.263 e. The Kier molecular flexibility index (Phi) is 6.11. The molecule has 0 spiro atoms. The number of amides is 1. The topological polar surface area (TPSA) is 38.3 Å². The zero-order valence-electron chi connectivity index (χ0n) is 9.56. The van der Waals surface area contributed by atoms with Crippen LogP contribution in [0.25, 0.3) is 6.08 Å². The van der Waals surface area contributed by atoms with E-state index in [1.165, 1.54) is 6.08 Å². The molecule has 18 heavy (non-hydrogen) atoms. The molecule has 0 saturated heterocycles. The largest absolute Gasteiger partial charge is 0.467 e.